The Kier molecular flexibility index (Phi) is 4.93. The van der Waals surface area contributed by atoms with Crippen molar-refractivity contribution in [2.75, 3.05) is 18.0 Å². The zero-order chi connectivity index (χ0) is 16.4. The molecule has 2 aromatic rings. The van der Waals surface area contributed by atoms with Crippen LogP contribution in [0, 0.1) is 5.92 Å². The Morgan fingerprint density at radius 3 is 2.70 bits per heavy atom. The Labute approximate surface area is 145 Å². The first-order chi connectivity index (χ1) is 11.0. The highest BCUT2D eigenvalue weighted by molar-refractivity contribution is 6.33. The van der Waals surface area contributed by atoms with Gasteiger partial charge in [-0.3, -0.25) is 4.79 Å². The molecule has 0 N–H and O–H groups in total. The lowest BCUT2D eigenvalue weighted by Crippen LogP contribution is -2.36. The van der Waals surface area contributed by atoms with E-state index in [-0.39, 0.29) is 10.6 Å². The summed E-state index contributed by atoms with van der Waals surface area (Å²) in [6, 6.07) is 7.36. The van der Waals surface area contributed by atoms with Gasteiger partial charge in [0.25, 0.3) is 5.56 Å². The lowest BCUT2D eigenvalue weighted by molar-refractivity contribution is 0.445. The lowest BCUT2D eigenvalue weighted by atomic mass is 10.00. The molecule has 0 amide bonds. The zero-order valence-electron chi connectivity index (χ0n) is 13.0. The van der Waals surface area contributed by atoms with Crippen LogP contribution in [-0.4, -0.2) is 22.9 Å². The smallest absolute Gasteiger partial charge is 0.287 e. The monoisotopic (exact) mass is 351 g/mol. The highest BCUT2D eigenvalue weighted by Gasteiger charge is 2.21. The Morgan fingerprint density at radius 2 is 2.00 bits per heavy atom. The molecule has 1 fully saturated rings. The van der Waals surface area contributed by atoms with Gasteiger partial charge in [0, 0.05) is 18.1 Å². The van der Waals surface area contributed by atoms with Gasteiger partial charge in [-0.2, -0.15) is 5.10 Å². The minimum atomic E-state index is -0.252. The fourth-order valence-corrected chi connectivity index (χ4v) is 3.35. The van der Waals surface area contributed by atoms with Crippen LogP contribution < -0.4 is 10.5 Å². The van der Waals surface area contributed by atoms with E-state index in [9.17, 15) is 4.79 Å². The van der Waals surface area contributed by atoms with E-state index >= 15 is 0 Å². The van der Waals surface area contributed by atoms with E-state index < -0.39 is 0 Å². The molecule has 1 saturated heterocycles. The van der Waals surface area contributed by atoms with Crippen molar-refractivity contribution in [2.24, 2.45) is 5.92 Å². The third-order valence-electron chi connectivity index (χ3n) is 4.21. The van der Waals surface area contributed by atoms with E-state index in [0.717, 1.165) is 30.8 Å². The number of anilines is 1. The van der Waals surface area contributed by atoms with Crippen LogP contribution in [0.25, 0.3) is 0 Å². The van der Waals surface area contributed by atoms with Gasteiger partial charge in [0.15, 0.2) is 0 Å². The molecule has 1 aromatic carbocycles. The van der Waals surface area contributed by atoms with E-state index in [4.69, 9.17) is 23.2 Å². The van der Waals surface area contributed by atoms with Gasteiger partial charge in [-0.25, -0.2) is 4.68 Å². The maximum absolute atomic E-state index is 12.5. The van der Waals surface area contributed by atoms with Crippen molar-refractivity contribution in [3.8, 4) is 0 Å². The second kappa shape index (κ2) is 6.93. The number of benzene rings is 1. The van der Waals surface area contributed by atoms with E-state index in [0.29, 0.717) is 17.5 Å². The first kappa shape index (κ1) is 16.3. The van der Waals surface area contributed by atoms with Gasteiger partial charge in [-0.05, 0) is 36.5 Å². The van der Waals surface area contributed by atoms with Crippen LogP contribution in [0.15, 0.2) is 35.3 Å². The van der Waals surface area contributed by atoms with Crippen LogP contribution in [0.1, 0.15) is 25.3 Å². The minimum Gasteiger partial charge on any atom is -0.369 e. The summed E-state index contributed by atoms with van der Waals surface area (Å²) in [5.74, 6) is 0.608. The van der Waals surface area contributed by atoms with Crippen molar-refractivity contribution in [3.63, 3.8) is 0 Å². The molecule has 0 bridgehead atoms. The molecule has 2 heterocycles. The molecule has 1 unspecified atom stereocenters. The zero-order valence-corrected chi connectivity index (χ0v) is 14.5. The van der Waals surface area contributed by atoms with E-state index in [1.54, 1.807) is 18.3 Å². The Morgan fingerprint density at radius 1 is 1.26 bits per heavy atom. The van der Waals surface area contributed by atoms with Crippen LogP contribution in [-0.2, 0) is 6.54 Å². The molecular formula is C17H19Cl2N3O. The predicted octanol–water partition coefficient (Wildman–Crippen LogP) is 3.83. The summed E-state index contributed by atoms with van der Waals surface area (Å²) in [6.07, 6.45) is 4.04. The molecule has 122 valence electrons. The molecule has 0 saturated carbocycles. The second-order valence-corrected chi connectivity index (χ2v) is 6.94. The number of hydrogen-bond donors (Lipinski definition) is 0. The molecule has 1 atom stereocenters. The quantitative estimate of drug-likeness (QED) is 0.843. The normalized spacial score (nSPS) is 18.2. The number of piperidine rings is 1. The fraction of sp³-hybridized carbons (Fsp3) is 0.412. The van der Waals surface area contributed by atoms with E-state index in [1.165, 1.54) is 11.1 Å². The van der Waals surface area contributed by atoms with Crippen molar-refractivity contribution in [3.05, 3.63) is 56.4 Å². The molecule has 1 aliphatic heterocycles. The molecule has 6 heteroatoms. The maximum atomic E-state index is 12.5. The third kappa shape index (κ3) is 3.70. The number of halogens is 2. The van der Waals surface area contributed by atoms with Gasteiger partial charge < -0.3 is 4.90 Å². The van der Waals surface area contributed by atoms with Crippen molar-refractivity contribution in [1.29, 1.82) is 0 Å². The third-order valence-corrected chi connectivity index (χ3v) is 4.82. The van der Waals surface area contributed by atoms with Crippen molar-refractivity contribution < 1.29 is 0 Å². The molecule has 23 heavy (non-hydrogen) atoms. The summed E-state index contributed by atoms with van der Waals surface area (Å²) in [5.41, 5.74) is 1.45. The number of rotatable bonds is 3. The summed E-state index contributed by atoms with van der Waals surface area (Å²) in [6.45, 7) is 4.44. The SMILES string of the molecule is CC1CCCN(c2cnn(Cc3ccc(Cl)cc3)c(=O)c2Cl)C1. The standard InChI is InChI=1S/C17H19Cl2N3O/c1-12-3-2-8-21(10-12)15-9-20-22(17(23)16(15)19)11-13-4-6-14(18)7-5-13/h4-7,9,12H,2-3,8,10-11H2,1H3. The highest BCUT2D eigenvalue weighted by Crippen LogP contribution is 2.26. The minimum absolute atomic E-state index is 0.252. The van der Waals surface area contributed by atoms with Gasteiger partial charge >= 0.3 is 0 Å². The number of nitrogens with zero attached hydrogens (tertiary/aromatic N) is 3. The first-order valence-electron chi connectivity index (χ1n) is 7.79. The summed E-state index contributed by atoms with van der Waals surface area (Å²) in [4.78, 5) is 14.7. The number of hydrogen-bond acceptors (Lipinski definition) is 3. The largest absolute Gasteiger partial charge is 0.369 e. The summed E-state index contributed by atoms with van der Waals surface area (Å²) < 4.78 is 1.39. The Bertz CT molecular complexity index is 742. The molecule has 1 aliphatic rings. The lowest BCUT2D eigenvalue weighted by Gasteiger charge is -2.32. The van der Waals surface area contributed by atoms with E-state index in [1.807, 2.05) is 12.1 Å². The van der Waals surface area contributed by atoms with Crippen molar-refractivity contribution >= 4 is 28.9 Å². The molecule has 4 nitrogen and oxygen atoms in total. The average molecular weight is 352 g/mol. The van der Waals surface area contributed by atoms with Gasteiger partial charge in [-0.1, -0.05) is 42.3 Å². The number of aromatic nitrogens is 2. The summed E-state index contributed by atoms with van der Waals surface area (Å²) in [7, 11) is 0. The van der Waals surface area contributed by atoms with Crippen LogP contribution in [0.5, 0.6) is 0 Å². The average Bonchev–Trinajstić information content (AvgIpc) is 2.54. The van der Waals surface area contributed by atoms with Crippen LogP contribution in [0.3, 0.4) is 0 Å². The summed E-state index contributed by atoms with van der Waals surface area (Å²) >= 11 is 12.2. The molecule has 0 radical (unpaired) electrons. The Hall–Kier alpha value is -1.52. The Balaban J connectivity index is 1.85. The topological polar surface area (TPSA) is 38.1 Å². The van der Waals surface area contributed by atoms with Crippen LogP contribution in [0.4, 0.5) is 5.69 Å². The van der Waals surface area contributed by atoms with Crippen molar-refractivity contribution in [1.82, 2.24) is 9.78 Å². The van der Waals surface area contributed by atoms with Gasteiger partial charge in [0.05, 0.1) is 18.4 Å². The maximum Gasteiger partial charge on any atom is 0.287 e. The van der Waals surface area contributed by atoms with Gasteiger partial charge in [-0.15, -0.1) is 0 Å². The first-order valence-corrected chi connectivity index (χ1v) is 8.55. The van der Waals surface area contributed by atoms with Crippen LogP contribution in [0.2, 0.25) is 10.0 Å². The van der Waals surface area contributed by atoms with E-state index in [2.05, 4.69) is 16.9 Å². The predicted molar refractivity (Wildman–Crippen MR) is 94.7 cm³/mol. The molecule has 1 aromatic heterocycles. The van der Waals surface area contributed by atoms with Gasteiger partial charge in [0.1, 0.15) is 5.02 Å². The fourth-order valence-electron chi connectivity index (χ4n) is 2.96. The van der Waals surface area contributed by atoms with Crippen LogP contribution >= 0.6 is 23.2 Å². The molecular weight excluding hydrogens is 333 g/mol. The molecule has 3 rings (SSSR count). The van der Waals surface area contributed by atoms with Gasteiger partial charge in [0.2, 0.25) is 0 Å². The second-order valence-electron chi connectivity index (χ2n) is 6.13. The molecule has 0 spiro atoms. The highest BCUT2D eigenvalue weighted by atomic mass is 35.5. The summed E-state index contributed by atoms with van der Waals surface area (Å²) in [5, 5.41) is 5.22. The van der Waals surface area contributed by atoms with Crippen molar-refractivity contribution in [2.45, 2.75) is 26.3 Å². The molecule has 0 aliphatic carbocycles.